The topological polar surface area (TPSA) is 26.0 Å². The van der Waals surface area contributed by atoms with Gasteiger partial charge in [-0.1, -0.05) is 45.9 Å². The summed E-state index contributed by atoms with van der Waals surface area (Å²) >= 11 is 0. The van der Waals surface area contributed by atoms with Crippen LogP contribution in [0.25, 0.3) is 0 Å². The van der Waals surface area contributed by atoms with E-state index in [1.54, 1.807) is 0 Å². The lowest BCUT2D eigenvalue weighted by Crippen LogP contribution is -2.14. The molecule has 1 nitrogen and oxygen atoms in total. The zero-order valence-electron chi connectivity index (χ0n) is 10.2. The molecule has 0 aromatic heterocycles. The summed E-state index contributed by atoms with van der Waals surface area (Å²) in [6.45, 7) is 9.03. The highest BCUT2D eigenvalue weighted by Gasteiger charge is 2.34. The minimum Gasteiger partial charge on any atom is -0.324 e. The number of hydrogen-bond acceptors (Lipinski definition) is 1. The van der Waals surface area contributed by atoms with Crippen molar-refractivity contribution in [3.8, 4) is 0 Å². The molecule has 1 aliphatic rings. The molecule has 0 amide bonds. The van der Waals surface area contributed by atoms with Gasteiger partial charge in [-0.25, -0.2) is 0 Å². The Hall–Kier alpha value is -0.820. The maximum Gasteiger partial charge on any atom is 0.0306 e. The van der Waals surface area contributed by atoms with Crippen molar-refractivity contribution >= 4 is 0 Å². The van der Waals surface area contributed by atoms with Gasteiger partial charge in [0.25, 0.3) is 0 Å². The summed E-state index contributed by atoms with van der Waals surface area (Å²) < 4.78 is 0. The Morgan fingerprint density at radius 2 is 2.00 bits per heavy atom. The lowest BCUT2D eigenvalue weighted by molar-refractivity contribution is 0.481. The van der Waals surface area contributed by atoms with Crippen LogP contribution in [0.5, 0.6) is 0 Å². The van der Waals surface area contributed by atoms with E-state index in [0.29, 0.717) is 5.92 Å². The summed E-state index contributed by atoms with van der Waals surface area (Å²) in [5, 5.41) is 0. The van der Waals surface area contributed by atoms with Gasteiger partial charge in [0.05, 0.1) is 0 Å². The van der Waals surface area contributed by atoms with E-state index in [2.05, 4.69) is 45.9 Å². The first-order chi connectivity index (χ1) is 6.92. The second-order valence-electron chi connectivity index (χ2n) is 5.70. The first kappa shape index (κ1) is 10.7. The molecular weight excluding hydrogens is 182 g/mol. The Balaban J connectivity index is 2.51. The molecule has 1 aromatic rings. The van der Waals surface area contributed by atoms with Crippen LogP contribution in [0.2, 0.25) is 0 Å². The van der Waals surface area contributed by atoms with Crippen LogP contribution in [-0.4, -0.2) is 0 Å². The van der Waals surface area contributed by atoms with E-state index in [0.717, 1.165) is 6.42 Å². The van der Waals surface area contributed by atoms with Gasteiger partial charge in [0.2, 0.25) is 0 Å². The molecule has 0 bridgehead atoms. The van der Waals surface area contributed by atoms with E-state index in [9.17, 15) is 0 Å². The van der Waals surface area contributed by atoms with Crippen molar-refractivity contribution in [3.05, 3.63) is 34.9 Å². The van der Waals surface area contributed by atoms with E-state index in [1.165, 1.54) is 16.7 Å². The lowest BCUT2D eigenvalue weighted by Gasteiger charge is -2.19. The van der Waals surface area contributed by atoms with Crippen LogP contribution >= 0.6 is 0 Å². The van der Waals surface area contributed by atoms with E-state index in [4.69, 9.17) is 5.73 Å². The maximum atomic E-state index is 6.19. The van der Waals surface area contributed by atoms with Crippen molar-refractivity contribution in [1.82, 2.24) is 0 Å². The summed E-state index contributed by atoms with van der Waals surface area (Å²) in [6.07, 6.45) is 1.07. The highest BCUT2D eigenvalue weighted by molar-refractivity contribution is 5.44. The van der Waals surface area contributed by atoms with Crippen molar-refractivity contribution < 1.29 is 0 Å². The summed E-state index contributed by atoms with van der Waals surface area (Å²) in [4.78, 5) is 0. The standard InChI is InChI=1S/C14H21N/c1-9(2)10-5-6-12-11(7-10)13(15)8-14(12,3)4/h5-7,9,13H,8,15H2,1-4H3. The molecule has 1 aromatic carbocycles. The molecule has 0 saturated heterocycles. The van der Waals surface area contributed by atoms with Gasteiger partial charge in [-0.3, -0.25) is 0 Å². The van der Waals surface area contributed by atoms with Gasteiger partial charge in [-0.2, -0.15) is 0 Å². The fraction of sp³-hybridized carbons (Fsp3) is 0.571. The predicted molar refractivity (Wildman–Crippen MR) is 65.1 cm³/mol. The molecule has 15 heavy (non-hydrogen) atoms. The predicted octanol–water partition coefficient (Wildman–Crippen LogP) is 3.49. The molecular formula is C14H21N. The van der Waals surface area contributed by atoms with Crippen LogP contribution < -0.4 is 5.73 Å². The Kier molecular flexibility index (Phi) is 2.38. The van der Waals surface area contributed by atoms with Crippen LogP contribution in [-0.2, 0) is 5.41 Å². The zero-order chi connectivity index (χ0) is 11.2. The highest BCUT2D eigenvalue weighted by Crippen LogP contribution is 2.44. The Morgan fingerprint density at radius 1 is 1.33 bits per heavy atom. The van der Waals surface area contributed by atoms with Crippen LogP contribution in [0.4, 0.5) is 0 Å². The van der Waals surface area contributed by atoms with Gasteiger partial charge >= 0.3 is 0 Å². The number of nitrogens with two attached hydrogens (primary N) is 1. The van der Waals surface area contributed by atoms with Crippen LogP contribution in [0.1, 0.15) is 62.8 Å². The highest BCUT2D eigenvalue weighted by atomic mass is 14.7. The molecule has 0 aliphatic heterocycles. The lowest BCUT2D eigenvalue weighted by atomic mass is 9.85. The molecule has 2 N–H and O–H groups in total. The molecule has 1 heteroatoms. The molecule has 2 rings (SSSR count). The summed E-state index contributed by atoms with van der Waals surface area (Å²) in [6, 6.07) is 7.06. The third-order valence-electron chi connectivity index (χ3n) is 3.60. The Labute approximate surface area is 92.7 Å². The maximum absolute atomic E-state index is 6.19. The van der Waals surface area contributed by atoms with Gasteiger partial charge < -0.3 is 5.73 Å². The largest absolute Gasteiger partial charge is 0.324 e. The van der Waals surface area contributed by atoms with Crippen molar-refractivity contribution in [1.29, 1.82) is 0 Å². The van der Waals surface area contributed by atoms with Gasteiger partial charge in [-0.15, -0.1) is 0 Å². The zero-order valence-corrected chi connectivity index (χ0v) is 10.2. The SMILES string of the molecule is CC(C)c1ccc2c(c1)C(N)CC2(C)C. The van der Waals surface area contributed by atoms with Crippen molar-refractivity contribution in [3.63, 3.8) is 0 Å². The number of rotatable bonds is 1. The van der Waals surface area contributed by atoms with Gasteiger partial charge in [-0.05, 0) is 34.4 Å². The number of fused-ring (bicyclic) bond motifs is 1. The van der Waals surface area contributed by atoms with Crippen LogP contribution in [0.3, 0.4) is 0 Å². The molecule has 0 saturated carbocycles. The number of benzene rings is 1. The van der Waals surface area contributed by atoms with E-state index >= 15 is 0 Å². The molecule has 0 fully saturated rings. The van der Waals surface area contributed by atoms with Gasteiger partial charge in [0.1, 0.15) is 0 Å². The first-order valence-corrected chi connectivity index (χ1v) is 5.82. The Morgan fingerprint density at radius 3 is 2.60 bits per heavy atom. The summed E-state index contributed by atoms with van der Waals surface area (Å²) in [7, 11) is 0. The molecule has 0 radical (unpaired) electrons. The van der Waals surface area contributed by atoms with Crippen LogP contribution in [0, 0.1) is 0 Å². The molecule has 82 valence electrons. The van der Waals surface area contributed by atoms with Gasteiger partial charge in [0, 0.05) is 6.04 Å². The van der Waals surface area contributed by atoms with E-state index in [1.807, 2.05) is 0 Å². The molecule has 0 spiro atoms. The number of hydrogen-bond donors (Lipinski definition) is 1. The summed E-state index contributed by atoms with van der Waals surface area (Å²) in [5.74, 6) is 0.589. The molecule has 1 atom stereocenters. The molecule has 1 unspecified atom stereocenters. The van der Waals surface area contributed by atoms with Gasteiger partial charge in [0.15, 0.2) is 0 Å². The van der Waals surface area contributed by atoms with Crippen molar-refractivity contribution in [2.75, 3.05) is 0 Å². The second-order valence-corrected chi connectivity index (χ2v) is 5.70. The molecule has 0 heterocycles. The van der Waals surface area contributed by atoms with E-state index in [-0.39, 0.29) is 11.5 Å². The summed E-state index contributed by atoms with van der Waals surface area (Å²) in [5.41, 5.74) is 10.7. The Bertz CT molecular complexity index is 377. The fourth-order valence-corrected chi connectivity index (χ4v) is 2.63. The minimum atomic E-state index is 0.230. The second kappa shape index (κ2) is 3.34. The minimum absolute atomic E-state index is 0.230. The van der Waals surface area contributed by atoms with E-state index < -0.39 is 0 Å². The normalized spacial score (nSPS) is 23.2. The smallest absolute Gasteiger partial charge is 0.0306 e. The average Bonchev–Trinajstić information content (AvgIpc) is 2.37. The van der Waals surface area contributed by atoms with Crippen molar-refractivity contribution in [2.24, 2.45) is 5.73 Å². The fourth-order valence-electron chi connectivity index (χ4n) is 2.63. The first-order valence-electron chi connectivity index (χ1n) is 5.82. The van der Waals surface area contributed by atoms with Crippen molar-refractivity contribution in [2.45, 2.75) is 51.5 Å². The average molecular weight is 203 g/mol. The third kappa shape index (κ3) is 1.69. The third-order valence-corrected chi connectivity index (χ3v) is 3.60. The molecule has 1 aliphatic carbocycles. The monoisotopic (exact) mass is 203 g/mol. The van der Waals surface area contributed by atoms with Crippen LogP contribution in [0.15, 0.2) is 18.2 Å². The quantitative estimate of drug-likeness (QED) is 0.743.